The molecule has 2 aromatic rings. The monoisotopic (exact) mass is 506 g/mol. The summed E-state index contributed by atoms with van der Waals surface area (Å²) in [7, 11) is 7.04. The van der Waals surface area contributed by atoms with E-state index in [0.717, 1.165) is 29.8 Å². The Morgan fingerprint density at radius 1 is 1.03 bits per heavy atom. The number of halogens is 1. The molecule has 1 saturated heterocycles. The zero-order chi connectivity index (χ0) is 24.0. The van der Waals surface area contributed by atoms with Crippen LogP contribution in [0.3, 0.4) is 0 Å². The van der Waals surface area contributed by atoms with Gasteiger partial charge < -0.3 is 39.0 Å². The normalized spacial score (nSPS) is 23.9. The standard InChI is InChI=1S/C25H30N2O7.ClH/c1-27(2)6-5-26-23-15-10-18-17(33-12-34-18)9-14(15)21(22-16(23)11-32-25(22)29)13-7-19(30-3)24(28)20(8-13)31-4;/h7-10,16,21-23,26,28H,5-6,11-12H2,1-4H3;1H/t16?,21?,22-,23+;/m0./s1. The first-order valence-corrected chi connectivity index (χ1v) is 11.4. The van der Waals surface area contributed by atoms with E-state index >= 15 is 0 Å². The molecule has 10 heteroatoms. The van der Waals surface area contributed by atoms with Gasteiger partial charge in [-0.2, -0.15) is 0 Å². The smallest absolute Gasteiger partial charge is 0.310 e. The van der Waals surface area contributed by atoms with E-state index in [1.54, 1.807) is 12.1 Å². The number of benzene rings is 2. The summed E-state index contributed by atoms with van der Waals surface area (Å²) >= 11 is 0. The molecule has 4 atom stereocenters. The number of phenols is 1. The summed E-state index contributed by atoms with van der Waals surface area (Å²) in [6, 6.07) is 7.43. The number of ether oxygens (including phenoxy) is 5. The average Bonchev–Trinajstić information content (AvgIpc) is 3.44. The van der Waals surface area contributed by atoms with Crippen molar-refractivity contribution in [1.82, 2.24) is 10.2 Å². The third kappa shape index (κ3) is 4.32. The lowest BCUT2D eigenvalue weighted by Gasteiger charge is -2.40. The van der Waals surface area contributed by atoms with E-state index in [4.69, 9.17) is 23.7 Å². The third-order valence-electron chi connectivity index (χ3n) is 6.97. The van der Waals surface area contributed by atoms with Crippen LogP contribution >= 0.6 is 12.4 Å². The van der Waals surface area contributed by atoms with Crippen LogP contribution in [0.2, 0.25) is 0 Å². The second kappa shape index (κ2) is 10.0. The van der Waals surface area contributed by atoms with E-state index in [-0.39, 0.29) is 60.3 Å². The zero-order valence-corrected chi connectivity index (χ0v) is 21.0. The average molecular weight is 507 g/mol. The molecule has 0 bridgehead atoms. The highest BCUT2D eigenvalue weighted by Gasteiger charge is 2.52. The Labute approximate surface area is 210 Å². The fourth-order valence-corrected chi connectivity index (χ4v) is 5.36. The van der Waals surface area contributed by atoms with Gasteiger partial charge in [-0.15, -0.1) is 12.4 Å². The van der Waals surface area contributed by atoms with Crippen LogP contribution in [0.4, 0.5) is 0 Å². The zero-order valence-electron chi connectivity index (χ0n) is 20.2. The van der Waals surface area contributed by atoms with Crippen molar-refractivity contribution < 1.29 is 33.6 Å². The Morgan fingerprint density at radius 2 is 1.66 bits per heavy atom. The van der Waals surface area contributed by atoms with Crippen molar-refractivity contribution in [1.29, 1.82) is 0 Å². The first kappa shape index (κ1) is 25.2. The Hall–Kier alpha value is -2.88. The highest BCUT2D eigenvalue weighted by molar-refractivity contribution is 5.85. The molecule has 0 aromatic heterocycles. The summed E-state index contributed by atoms with van der Waals surface area (Å²) in [6.07, 6.45) is 0. The number of nitrogens with zero attached hydrogens (tertiary/aromatic N) is 1. The molecule has 9 nitrogen and oxygen atoms in total. The molecule has 0 amide bonds. The largest absolute Gasteiger partial charge is 0.502 e. The molecule has 35 heavy (non-hydrogen) atoms. The number of carbonyl (C=O) groups excluding carboxylic acids is 1. The highest BCUT2D eigenvalue weighted by Crippen LogP contribution is 2.55. The molecule has 0 spiro atoms. The molecule has 0 saturated carbocycles. The van der Waals surface area contributed by atoms with E-state index < -0.39 is 5.92 Å². The number of esters is 1. The minimum atomic E-state index is -0.413. The van der Waals surface area contributed by atoms with Gasteiger partial charge in [-0.3, -0.25) is 4.79 Å². The number of rotatable bonds is 7. The highest BCUT2D eigenvalue weighted by atomic mass is 35.5. The molecule has 2 heterocycles. The van der Waals surface area contributed by atoms with Gasteiger partial charge in [-0.1, -0.05) is 0 Å². The molecule has 2 unspecified atom stereocenters. The molecule has 1 aliphatic carbocycles. The van der Waals surface area contributed by atoms with Gasteiger partial charge in [0.2, 0.25) is 12.5 Å². The quantitative estimate of drug-likeness (QED) is 0.549. The van der Waals surface area contributed by atoms with Crippen LogP contribution in [0.1, 0.15) is 28.7 Å². The minimum absolute atomic E-state index is 0. The van der Waals surface area contributed by atoms with Crippen molar-refractivity contribution in [3.63, 3.8) is 0 Å². The van der Waals surface area contributed by atoms with Gasteiger partial charge >= 0.3 is 5.97 Å². The van der Waals surface area contributed by atoms with Crippen molar-refractivity contribution in [3.8, 4) is 28.7 Å². The van der Waals surface area contributed by atoms with Gasteiger partial charge in [0.1, 0.15) is 0 Å². The summed E-state index contributed by atoms with van der Waals surface area (Å²) in [5, 5.41) is 14.1. The predicted octanol–water partition coefficient (Wildman–Crippen LogP) is 2.69. The number of phenolic OH excluding ortho intramolecular Hbond substituents is 1. The number of nitrogens with one attached hydrogen (secondary N) is 1. The lowest BCUT2D eigenvalue weighted by molar-refractivity contribution is -0.141. The number of likely N-dealkylation sites (N-methyl/N-ethyl adjacent to an activating group) is 1. The lowest BCUT2D eigenvalue weighted by Crippen LogP contribution is -2.42. The molecule has 190 valence electrons. The van der Waals surface area contributed by atoms with Crippen LogP contribution < -0.4 is 24.3 Å². The van der Waals surface area contributed by atoms with Crippen LogP contribution in [0.5, 0.6) is 28.7 Å². The van der Waals surface area contributed by atoms with Crippen LogP contribution in [-0.4, -0.2) is 70.8 Å². The van der Waals surface area contributed by atoms with E-state index in [2.05, 4.69) is 10.2 Å². The minimum Gasteiger partial charge on any atom is -0.502 e. The maximum atomic E-state index is 13.1. The molecule has 0 radical (unpaired) electrons. The first-order valence-electron chi connectivity index (χ1n) is 11.4. The number of cyclic esters (lactones) is 1. The number of methoxy groups -OCH3 is 2. The summed E-state index contributed by atoms with van der Waals surface area (Å²) in [4.78, 5) is 15.2. The molecule has 2 aliphatic heterocycles. The molecule has 1 fully saturated rings. The first-order chi connectivity index (χ1) is 16.4. The molecule has 3 aliphatic rings. The van der Waals surface area contributed by atoms with Gasteiger partial charge in [0, 0.05) is 31.0 Å². The maximum absolute atomic E-state index is 13.1. The van der Waals surface area contributed by atoms with Crippen molar-refractivity contribution in [2.45, 2.75) is 12.0 Å². The molecular weight excluding hydrogens is 476 g/mol. The van der Waals surface area contributed by atoms with Crippen molar-refractivity contribution in [2.24, 2.45) is 11.8 Å². The SMILES string of the molecule is COc1cc(C2c3cc4c(cc3[C@@H](NCCN(C)C)C3COC(=O)[C@H]23)OCO4)cc(OC)c1O.Cl. The van der Waals surface area contributed by atoms with Gasteiger partial charge in [-0.05, 0) is 55.1 Å². The predicted molar refractivity (Wildman–Crippen MR) is 130 cm³/mol. The van der Waals surface area contributed by atoms with Crippen molar-refractivity contribution in [2.75, 3.05) is 54.8 Å². The van der Waals surface area contributed by atoms with Gasteiger partial charge in [0.25, 0.3) is 0 Å². The Kier molecular flexibility index (Phi) is 7.21. The van der Waals surface area contributed by atoms with Gasteiger partial charge in [-0.25, -0.2) is 0 Å². The summed E-state index contributed by atoms with van der Waals surface area (Å²) in [5.41, 5.74) is 2.81. The number of carbonyl (C=O) groups is 1. The van der Waals surface area contributed by atoms with Crippen LogP contribution in [0.25, 0.3) is 0 Å². The van der Waals surface area contributed by atoms with Crippen LogP contribution in [-0.2, 0) is 9.53 Å². The maximum Gasteiger partial charge on any atom is 0.310 e. The van der Waals surface area contributed by atoms with E-state index in [1.807, 2.05) is 26.2 Å². The Morgan fingerprint density at radius 3 is 2.26 bits per heavy atom. The molecule has 2 aromatic carbocycles. The second-order valence-electron chi connectivity index (χ2n) is 9.14. The number of fused-ring (bicyclic) bond motifs is 3. The van der Waals surface area contributed by atoms with E-state index in [9.17, 15) is 9.90 Å². The number of aromatic hydroxyl groups is 1. The third-order valence-corrected chi connectivity index (χ3v) is 6.97. The molecular formula is C25H31ClN2O7. The Balaban J connectivity index is 0.00000289. The van der Waals surface area contributed by atoms with E-state index in [0.29, 0.717) is 18.1 Å². The van der Waals surface area contributed by atoms with Gasteiger partial charge in [0.05, 0.1) is 26.7 Å². The summed E-state index contributed by atoms with van der Waals surface area (Å²) in [6.45, 7) is 2.12. The van der Waals surface area contributed by atoms with Crippen LogP contribution in [0.15, 0.2) is 24.3 Å². The number of hydrogen-bond donors (Lipinski definition) is 2. The summed E-state index contributed by atoms with van der Waals surface area (Å²) < 4.78 is 27.8. The van der Waals surface area contributed by atoms with E-state index in [1.165, 1.54) is 14.2 Å². The second-order valence-corrected chi connectivity index (χ2v) is 9.14. The molecule has 5 rings (SSSR count). The lowest BCUT2D eigenvalue weighted by atomic mass is 9.65. The van der Waals surface area contributed by atoms with Gasteiger partial charge in [0.15, 0.2) is 23.0 Å². The summed E-state index contributed by atoms with van der Waals surface area (Å²) in [5.74, 6) is 0.783. The fraction of sp³-hybridized carbons (Fsp3) is 0.480. The number of hydrogen-bond acceptors (Lipinski definition) is 9. The van der Waals surface area contributed by atoms with Crippen LogP contribution in [0, 0.1) is 11.8 Å². The van der Waals surface area contributed by atoms with Crippen molar-refractivity contribution in [3.05, 3.63) is 41.0 Å². The molecule has 2 N–H and O–H groups in total. The Bertz CT molecular complexity index is 1080. The fourth-order valence-electron chi connectivity index (χ4n) is 5.36. The van der Waals surface area contributed by atoms with Crippen molar-refractivity contribution >= 4 is 18.4 Å². The topological polar surface area (TPSA) is 98.7 Å².